The molecule has 121 heavy (non-hydrogen) atoms. The Bertz CT molecular complexity index is 4600. The number of nitrogens with zero attached hydrogens (tertiary/aromatic N) is 3. The van der Waals surface area contributed by atoms with Gasteiger partial charge in [0.2, 0.25) is 0 Å². The summed E-state index contributed by atoms with van der Waals surface area (Å²) in [5.41, 5.74) is 27.4. The van der Waals surface area contributed by atoms with E-state index in [1.807, 2.05) is 118 Å². The quantitative estimate of drug-likeness (QED) is 0.0144. The number of anilines is 5. The number of ether oxygens (including phenoxy) is 11. The number of carbonyl (C=O) groups is 2. The summed E-state index contributed by atoms with van der Waals surface area (Å²) in [6.07, 6.45) is -1.28. The van der Waals surface area contributed by atoms with Crippen molar-refractivity contribution >= 4 is 90.0 Å². The Morgan fingerprint density at radius 3 is 0.785 bits per heavy atom. The Morgan fingerprint density at radius 2 is 0.554 bits per heavy atom. The van der Waals surface area contributed by atoms with Crippen LogP contribution in [0.3, 0.4) is 0 Å². The Kier molecular flexibility index (Phi) is 64.2. The molecule has 10 rings (SSSR count). The number of amides is 2. The van der Waals surface area contributed by atoms with Crippen molar-refractivity contribution in [1.82, 2.24) is 0 Å². The van der Waals surface area contributed by atoms with Crippen molar-refractivity contribution in [3.8, 4) is 57.5 Å². The Balaban J connectivity index is -0.000000436. The molecule has 9 N–H and O–H groups in total. The van der Waals surface area contributed by atoms with Crippen LogP contribution in [0.15, 0.2) is 164 Å². The molecule has 0 spiro atoms. The molecular formula is C83H84N8O25W5. The Hall–Kier alpha value is -11.9. The number of nitrogens with one attached hydrogen (secondary N) is 2. The molecule has 0 atom stereocenters. The number of nitro benzene ring substituents is 3. The van der Waals surface area contributed by atoms with Crippen LogP contribution in [0, 0.1) is 130 Å². The first-order chi connectivity index (χ1) is 55.2. The molecule has 0 aromatic heterocycles. The minimum atomic E-state index is -0.785. The number of nitrogens with two attached hydrogens (primary N) is 3. The molecular weight excluding hydrogens is 2430 g/mol. The number of hydrogen-bond acceptors (Lipinski definition) is 27. The molecule has 0 saturated heterocycles. The minimum Gasteiger partial charge on any atom is -0.665 e. The number of hydrogen-bond donors (Lipinski definition) is 6. The van der Waals surface area contributed by atoms with Crippen LogP contribution in [0.25, 0.3) is 0 Å². The molecule has 0 aliphatic heterocycles. The third-order valence-electron chi connectivity index (χ3n) is 14.2. The van der Waals surface area contributed by atoms with Crippen molar-refractivity contribution < 1.29 is 211 Å². The van der Waals surface area contributed by atoms with Gasteiger partial charge in [-0.3, -0.25) is 41.0 Å². The smallest absolute Gasteiger partial charge is 0.665 e. The Morgan fingerprint density at radius 1 is 0.347 bits per heavy atom. The third kappa shape index (κ3) is 44.7. The van der Waals surface area contributed by atoms with E-state index in [1.54, 1.807) is 72.8 Å². The molecule has 10 aromatic rings. The molecule has 10 aromatic carbocycles. The first kappa shape index (κ1) is 118. The number of aryl methyl sites for hydroxylation is 10. The summed E-state index contributed by atoms with van der Waals surface area (Å²) in [6.45, 7) is 24.5. The van der Waals surface area contributed by atoms with Gasteiger partial charge in [0.15, 0.2) is 0 Å². The molecule has 0 saturated carbocycles. The van der Waals surface area contributed by atoms with Gasteiger partial charge < -0.3 is 98.4 Å². The van der Waals surface area contributed by atoms with E-state index in [4.69, 9.17) is 70.0 Å². The maximum absolute atomic E-state index is 11.2. The predicted molar refractivity (Wildman–Crippen MR) is 431 cm³/mol. The zero-order valence-corrected chi connectivity index (χ0v) is 82.6. The van der Waals surface area contributed by atoms with Crippen LogP contribution in [0.1, 0.15) is 55.6 Å². The molecule has 0 fully saturated rings. The van der Waals surface area contributed by atoms with Crippen molar-refractivity contribution in [3.63, 3.8) is 0 Å². The van der Waals surface area contributed by atoms with Crippen LogP contribution >= 0.6 is 0 Å². The SMILES string of the molecule is COC(=O)Nc1ccc(Oc2c(C)c[c-]cc2C)cc1.COC(=O)Nc1ccc(Oc2c(C)c[c-]cc2C)cc1[N+](=O)[O-].CO[C-]=O.CO[C-]=O.CO[C-]=O.CO[C-]=O.Cc1c[c-]cc(C)c1Oc1ccc(N)c([N+](=O)[O-])c1.Cc1c[c-]cc(C)c1Oc1ccc(N)c([N+](=O)[O-])c1.Cc1c[c-]cc(C)c1Oc1ccc(N)cc1.O=[C-]O.[W+2].[W+2].[W+2].[W+2].[W+2]. The van der Waals surface area contributed by atoms with Crippen LogP contribution in [-0.4, -0.2) is 107 Å². The van der Waals surface area contributed by atoms with Gasteiger partial charge in [-0.15, -0.1) is 55.6 Å². The maximum Gasteiger partial charge on any atom is 2.00 e. The number of carbonyl (C=O) groups excluding carboxylic acids is 6. The largest absolute Gasteiger partial charge is 2.00 e. The molecule has 0 bridgehead atoms. The molecule has 2 amide bonds. The average molecular weight is 2510 g/mol. The molecule has 33 nitrogen and oxygen atoms in total. The second kappa shape index (κ2) is 66.0. The van der Waals surface area contributed by atoms with Crippen LogP contribution in [0.2, 0.25) is 0 Å². The van der Waals surface area contributed by atoms with Crippen LogP contribution < -0.4 is 51.5 Å². The van der Waals surface area contributed by atoms with Crippen molar-refractivity contribution in [2.75, 3.05) is 70.5 Å². The monoisotopic (exact) mass is 2510 g/mol. The van der Waals surface area contributed by atoms with E-state index in [2.05, 4.69) is 69.4 Å². The van der Waals surface area contributed by atoms with Gasteiger partial charge in [0.1, 0.15) is 45.8 Å². The molecule has 0 aliphatic carbocycles. The minimum absolute atomic E-state index is 0. The van der Waals surface area contributed by atoms with Crippen molar-refractivity contribution in [3.05, 3.63) is 280 Å². The topological polar surface area (TPSA) is 473 Å². The van der Waals surface area contributed by atoms with Gasteiger partial charge in [-0.1, -0.05) is 102 Å². The number of nitrogen functional groups attached to an aromatic ring is 3. The van der Waals surface area contributed by atoms with Gasteiger partial charge in [-0.05, 0) is 84.9 Å². The summed E-state index contributed by atoms with van der Waals surface area (Å²) in [7, 11) is 7.53. The fourth-order valence-corrected chi connectivity index (χ4v) is 8.86. The Labute approximate surface area is 772 Å². The summed E-state index contributed by atoms with van der Waals surface area (Å²) in [5.74, 6) is 6.27. The second-order valence-corrected chi connectivity index (χ2v) is 22.7. The number of aliphatic hydroxyl groups excluding tert-OH is 1. The first-order valence-corrected chi connectivity index (χ1v) is 33.1. The van der Waals surface area contributed by atoms with E-state index in [1.165, 1.54) is 111 Å². The van der Waals surface area contributed by atoms with Crippen molar-refractivity contribution in [2.45, 2.75) is 69.2 Å². The zero-order chi connectivity index (χ0) is 87.4. The van der Waals surface area contributed by atoms with E-state index >= 15 is 0 Å². The van der Waals surface area contributed by atoms with Gasteiger partial charge >= 0.3 is 118 Å². The summed E-state index contributed by atoms with van der Waals surface area (Å²) in [5, 5.41) is 44.5. The van der Waals surface area contributed by atoms with Crippen molar-refractivity contribution in [2.24, 2.45) is 0 Å². The number of rotatable bonds is 19. The van der Waals surface area contributed by atoms with E-state index in [9.17, 15) is 39.9 Å². The molecule has 636 valence electrons. The second-order valence-electron chi connectivity index (χ2n) is 22.7. The summed E-state index contributed by atoms with van der Waals surface area (Å²) in [6, 6.07) is 60.9. The maximum atomic E-state index is 11.2. The molecule has 38 heteroatoms. The molecule has 0 aliphatic rings. The average Bonchev–Trinajstić information content (AvgIpc) is 0.832. The normalized spacial score (nSPS) is 8.89. The van der Waals surface area contributed by atoms with E-state index in [0.717, 1.165) is 78.6 Å². The van der Waals surface area contributed by atoms with Gasteiger partial charge in [0.05, 0.1) is 47.2 Å². The summed E-state index contributed by atoms with van der Waals surface area (Å²) in [4.78, 5) is 97.0. The molecule has 0 unspecified atom stereocenters. The van der Waals surface area contributed by atoms with Gasteiger partial charge in [-0.25, -0.2) is 9.59 Å². The van der Waals surface area contributed by atoms with Crippen molar-refractivity contribution in [1.29, 1.82) is 0 Å². The van der Waals surface area contributed by atoms with E-state index < -0.39 is 27.0 Å². The number of benzene rings is 10. The number of nitro groups is 3. The van der Waals surface area contributed by atoms with Crippen LogP contribution in [0.4, 0.5) is 55.1 Å². The standard InChI is InChI=1S/C16H15N2O5.C16H16NO3.2C14H13N2O3.C14H14NO.4C2H3O2.CHO2.5W/c1-10-5-4-6-11(2)15(10)23-12-7-8-13(17-16(19)22-3)14(9-12)18(20)21;1-11-5-4-6-12(2)15(11)20-14-9-7-13(8-10-14)17-16(18)19-3;2*1-9-4-3-5-10(2)14(9)19-11-6-7-12(15)13(8-11)16(17)18;1-10-4-3-5-11(2)14(10)16-13-8-6-12(15)7-9-13;4*1-4-2-3;2-1-3;;;;;/h5-9H,1-3H3,(H,17,19);5-10H,1-3H3,(H,17,18);2*4-8H,15H2,1-2H3;4-9H,15H2,1-2H3;4*1H3;(H,2,3);;;;;/q10*-1;5*+2. The summed E-state index contributed by atoms with van der Waals surface area (Å²) < 4.78 is 52.8. The fourth-order valence-electron chi connectivity index (χ4n) is 8.86. The number of methoxy groups -OCH3 is 6. The van der Waals surface area contributed by atoms with E-state index in [-0.39, 0.29) is 139 Å². The summed E-state index contributed by atoms with van der Waals surface area (Å²) >= 11 is 0. The van der Waals surface area contributed by atoms with Gasteiger partial charge in [-0.2, -0.15) is 91.0 Å². The zero-order valence-electron chi connectivity index (χ0n) is 67.9. The first-order valence-electron chi connectivity index (χ1n) is 33.1. The van der Waals surface area contributed by atoms with E-state index in [0.29, 0.717) is 52.4 Å². The van der Waals surface area contributed by atoms with Gasteiger partial charge in [0.25, 0.3) is 17.1 Å². The predicted octanol–water partition coefficient (Wildman–Crippen LogP) is 16.7. The molecule has 0 heterocycles. The third-order valence-corrected chi connectivity index (χ3v) is 14.2. The van der Waals surface area contributed by atoms with Crippen LogP contribution in [0.5, 0.6) is 57.5 Å². The molecule has 0 radical (unpaired) electrons. The fraction of sp³-hybridized carbons (Fsp3) is 0.193. The van der Waals surface area contributed by atoms with Crippen LogP contribution in [-0.2, 0) is 158 Å². The van der Waals surface area contributed by atoms with Gasteiger partial charge in [0, 0.05) is 68.6 Å².